The van der Waals surface area contributed by atoms with Gasteiger partial charge in [0.05, 0.1) is 6.61 Å². The van der Waals surface area contributed by atoms with E-state index >= 15 is 0 Å². The lowest BCUT2D eigenvalue weighted by atomic mass is 10.2. The number of benzene rings is 1. The lowest BCUT2D eigenvalue weighted by Crippen LogP contribution is -2.37. The topological polar surface area (TPSA) is 45.7 Å². The average Bonchev–Trinajstić information content (AvgIpc) is 2.93. The Bertz CT molecular complexity index is 721. The van der Waals surface area contributed by atoms with E-state index in [1.807, 2.05) is 48.2 Å². The summed E-state index contributed by atoms with van der Waals surface area (Å²) >= 11 is 0. The van der Waals surface area contributed by atoms with E-state index in [1.54, 1.807) is 0 Å². The van der Waals surface area contributed by atoms with Crippen LogP contribution < -0.4 is 0 Å². The van der Waals surface area contributed by atoms with Crippen LogP contribution in [0.25, 0.3) is 0 Å². The maximum atomic E-state index is 12.4. The van der Waals surface area contributed by atoms with Crippen LogP contribution in [-0.4, -0.2) is 60.0 Å². The standard InChI is InChI=1S/C22H29N3O2/c1-19-7-5-10-21(23-19)11-14-24-12-6-13-25(16-15-24)22(26)18-27-17-20-8-3-2-4-9-20/h2-5,7-10H,6,11-18H2,1H3. The van der Waals surface area contributed by atoms with Crippen molar-refractivity contribution in [1.82, 2.24) is 14.8 Å². The van der Waals surface area contributed by atoms with E-state index < -0.39 is 0 Å². The van der Waals surface area contributed by atoms with Gasteiger partial charge in [-0.25, -0.2) is 0 Å². The highest BCUT2D eigenvalue weighted by molar-refractivity contribution is 5.77. The first-order valence-corrected chi connectivity index (χ1v) is 9.75. The smallest absolute Gasteiger partial charge is 0.248 e. The number of aryl methyl sites for hydroxylation is 1. The molecule has 1 fully saturated rings. The highest BCUT2D eigenvalue weighted by Crippen LogP contribution is 2.07. The molecule has 1 saturated heterocycles. The summed E-state index contributed by atoms with van der Waals surface area (Å²) < 4.78 is 5.61. The molecule has 3 rings (SSSR count). The van der Waals surface area contributed by atoms with E-state index in [9.17, 15) is 4.79 Å². The van der Waals surface area contributed by atoms with Gasteiger partial charge >= 0.3 is 0 Å². The monoisotopic (exact) mass is 367 g/mol. The number of carbonyl (C=O) groups excluding carboxylic acids is 1. The molecule has 0 saturated carbocycles. The summed E-state index contributed by atoms with van der Waals surface area (Å²) in [4.78, 5) is 21.4. The number of rotatable bonds is 7. The molecule has 0 radical (unpaired) electrons. The molecule has 5 heteroatoms. The molecule has 27 heavy (non-hydrogen) atoms. The molecule has 1 aliphatic heterocycles. The largest absolute Gasteiger partial charge is 0.367 e. The number of carbonyl (C=O) groups is 1. The molecule has 0 atom stereocenters. The van der Waals surface area contributed by atoms with E-state index in [4.69, 9.17) is 4.74 Å². The van der Waals surface area contributed by atoms with Gasteiger partial charge in [0, 0.05) is 44.0 Å². The van der Waals surface area contributed by atoms with Crippen LogP contribution in [0.1, 0.15) is 23.4 Å². The third kappa shape index (κ3) is 6.45. The fourth-order valence-electron chi connectivity index (χ4n) is 3.38. The van der Waals surface area contributed by atoms with Gasteiger partial charge in [-0.1, -0.05) is 36.4 Å². The Morgan fingerprint density at radius 1 is 1.04 bits per heavy atom. The Balaban J connectivity index is 1.39. The third-order valence-electron chi connectivity index (χ3n) is 4.91. The Kier molecular flexibility index (Phi) is 7.36. The van der Waals surface area contributed by atoms with Gasteiger partial charge in [0.2, 0.25) is 5.91 Å². The number of pyridine rings is 1. The normalized spacial score (nSPS) is 15.5. The van der Waals surface area contributed by atoms with Crippen LogP contribution in [-0.2, 0) is 22.6 Å². The zero-order valence-corrected chi connectivity index (χ0v) is 16.1. The van der Waals surface area contributed by atoms with Crippen LogP contribution in [0, 0.1) is 6.92 Å². The van der Waals surface area contributed by atoms with Gasteiger partial charge in [0.15, 0.2) is 0 Å². The Labute approximate surface area is 162 Å². The molecule has 1 aromatic carbocycles. The van der Waals surface area contributed by atoms with Crippen LogP contribution >= 0.6 is 0 Å². The zero-order chi connectivity index (χ0) is 18.9. The fourth-order valence-corrected chi connectivity index (χ4v) is 3.38. The minimum absolute atomic E-state index is 0.0909. The molecule has 0 N–H and O–H groups in total. The summed E-state index contributed by atoms with van der Waals surface area (Å²) in [5.41, 5.74) is 3.30. The maximum Gasteiger partial charge on any atom is 0.248 e. The van der Waals surface area contributed by atoms with Gasteiger partial charge in [-0.05, 0) is 37.6 Å². The summed E-state index contributed by atoms with van der Waals surface area (Å²) in [5.74, 6) is 0.0909. The van der Waals surface area contributed by atoms with E-state index in [1.165, 1.54) is 0 Å². The Morgan fingerprint density at radius 3 is 2.70 bits per heavy atom. The van der Waals surface area contributed by atoms with Crippen LogP contribution in [0.5, 0.6) is 0 Å². The molecule has 5 nitrogen and oxygen atoms in total. The van der Waals surface area contributed by atoms with Gasteiger partial charge in [-0.15, -0.1) is 0 Å². The number of hydrogen-bond donors (Lipinski definition) is 0. The fraction of sp³-hybridized carbons (Fsp3) is 0.455. The molecule has 2 aromatic rings. The highest BCUT2D eigenvalue weighted by atomic mass is 16.5. The predicted molar refractivity (Wildman–Crippen MR) is 106 cm³/mol. The van der Waals surface area contributed by atoms with Crippen molar-refractivity contribution in [2.24, 2.45) is 0 Å². The van der Waals surface area contributed by atoms with Gasteiger partial charge in [0.1, 0.15) is 6.61 Å². The average molecular weight is 367 g/mol. The predicted octanol–water partition coefficient (Wildman–Crippen LogP) is 2.68. The Morgan fingerprint density at radius 2 is 1.89 bits per heavy atom. The molecule has 0 bridgehead atoms. The van der Waals surface area contributed by atoms with Gasteiger partial charge < -0.3 is 14.5 Å². The SMILES string of the molecule is Cc1cccc(CCN2CCCN(C(=O)COCc3ccccc3)CC2)n1. The second kappa shape index (κ2) is 10.2. The number of amides is 1. The van der Waals surface area contributed by atoms with E-state index in [0.29, 0.717) is 6.61 Å². The summed E-state index contributed by atoms with van der Waals surface area (Å²) in [6.07, 6.45) is 1.96. The molecule has 144 valence electrons. The molecule has 1 amide bonds. The van der Waals surface area contributed by atoms with Crippen LogP contribution in [0.15, 0.2) is 48.5 Å². The van der Waals surface area contributed by atoms with Crippen molar-refractivity contribution in [3.05, 3.63) is 65.5 Å². The Hall–Kier alpha value is -2.24. The summed E-state index contributed by atoms with van der Waals surface area (Å²) in [5, 5.41) is 0. The summed E-state index contributed by atoms with van der Waals surface area (Å²) in [6.45, 7) is 7.18. The molecular weight excluding hydrogens is 338 g/mol. The second-order valence-corrected chi connectivity index (χ2v) is 7.07. The lowest BCUT2D eigenvalue weighted by molar-refractivity contribution is -0.136. The summed E-state index contributed by atoms with van der Waals surface area (Å²) in [6, 6.07) is 16.1. The highest BCUT2D eigenvalue weighted by Gasteiger charge is 2.19. The molecule has 2 heterocycles. The molecule has 1 aromatic heterocycles. The first-order chi connectivity index (χ1) is 13.2. The zero-order valence-electron chi connectivity index (χ0n) is 16.1. The van der Waals surface area contributed by atoms with Crippen molar-refractivity contribution in [1.29, 1.82) is 0 Å². The van der Waals surface area contributed by atoms with Crippen molar-refractivity contribution in [2.45, 2.75) is 26.4 Å². The molecule has 0 aliphatic carbocycles. The van der Waals surface area contributed by atoms with Crippen molar-refractivity contribution >= 4 is 5.91 Å². The molecule has 0 unspecified atom stereocenters. The van der Waals surface area contributed by atoms with Crippen LogP contribution in [0.4, 0.5) is 0 Å². The molecule has 0 spiro atoms. The second-order valence-electron chi connectivity index (χ2n) is 7.07. The lowest BCUT2D eigenvalue weighted by Gasteiger charge is -2.22. The maximum absolute atomic E-state index is 12.4. The first-order valence-electron chi connectivity index (χ1n) is 9.75. The van der Waals surface area contributed by atoms with Crippen LogP contribution in [0.3, 0.4) is 0 Å². The summed E-state index contributed by atoms with van der Waals surface area (Å²) in [7, 11) is 0. The van der Waals surface area contributed by atoms with E-state index in [0.717, 1.165) is 62.5 Å². The third-order valence-corrected chi connectivity index (χ3v) is 4.91. The van der Waals surface area contributed by atoms with Crippen molar-refractivity contribution in [3.63, 3.8) is 0 Å². The van der Waals surface area contributed by atoms with Gasteiger partial charge in [-0.2, -0.15) is 0 Å². The number of hydrogen-bond acceptors (Lipinski definition) is 4. The molecule has 1 aliphatic rings. The van der Waals surface area contributed by atoms with E-state index in [-0.39, 0.29) is 12.5 Å². The number of aromatic nitrogens is 1. The van der Waals surface area contributed by atoms with Crippen molar-refractivity contribution in [3.8, 4) is 0 Å². The van der Waals surface area contributed by atoms with Gasteiger partial charge in [-0.3, -0.25) is 9.78 Å². The number of ether oxygens (including phenoxy) is 1. The first kappa shape index (κ1) is 19.5. The van der Waals surface area contributed by atoms with Crippen molar-refractivity contribution < 1.29 is 9.53 Å². The quantitative estimate of drug-likeness (QED) is 0.755. The van der Waals surface area contributed by atoms with Crippen molar-refractivity contribution in [2.75, 3.05) is 39.3 Å². The van der Waals surface area contributed by atoms with E-state index in [2.05, 4.69) is 22.0 Å². The minimum atomic E-state index is 0.0909. The minimum Gasteiger partial charge on any atom is -0.367 e. The molecular formula is C22H29N3O2. The van der Waals surface area contributed by atoms with Gasteiger partial charge in [0.25, 0.3) is 0 Å². The number of nitrogens with zero attached hydrogens (tertiary/aromatic N) is 3. The van der Waals surface area contributed by atoms with Crippen LogP contribution in [0.2, 0.25) is 0 Å².